The second kappa shape index (κ2) is 17.8. The van der Waals surface area contributed by atoms with Crippen molar-refractivity contribution in [1.29, 1.82) is 0 Å². The standard InChI is InChI=1S/C66H46N2/c1-4-13-47(14-5-1)50-23-25-51(26-24-50)53-27-36-59(37-28-53)67(60-38-31-54(32-39-60)57-20-12-19-56(45-57)49-17-8-3-9-18-49)61-40-33-55(34-41-61)58-35-44-66-64(46-58)63-21-10-11-22-65(63)68(66)62-42-29-52(30-43-62)48-15-6-2-7-16-48/h1-46H/i1D,3D,4D,5D,8D,9D,12D,13D,14D,17D,18D,19D,20D,23D,24D,25D,26D,27D,28D,31D,32D,33D,34D,36D,37D,38D,39D,40D,41D,45D. The minimum atomic E-state index is -1.27. The monoisotopic (exact) mass is 897 g/mol. The van der Waals surface area contributed by atoms with Crippen LogP contribution in [-0.4, -0.2) is 4.57 Å². The lowest BCUT2D eigenvalue weighted by molar-refractivity contribution is 1.18. The first-order valence-electron chi connectivity index (χ1n) is 35.9. The molecule has 0 spiro atoms. The number of hydrogen-bond donors (Lipinski definition) is 0. The number of benzene rings is 11. The average molecular weight is 897 g/mol. The Balaban J connectivity index is 1.11. The van der Waals surface area contributed by atoms with Crippen LogP contribution in [0.2, 0.25) is 0 Å². The van der Waals surface area contributed by atoms with Crippen LogP contribution in [0.25, 0.3) is 94.3 Å². The topological polar surface area (TPSA) is 8.17 Å². The molecule has 1 heterocycles. The van der Waals surface area contributed by atoms with Crippen LogP contribution in [0.1, 0.15) is 41.1 Å². The first-order valence-corrected chi connectivity index (χ1v) is 20.9. The molecule has 2 nitrogen and oxygen atoms in total. The summed E-state index contributed by atoms with van der Waals surface area (Å²) in [7, 11) is 0. The van der Waals surface area contributed by atoms with E-state index in [2.05, 4.69) is 0 Å². The van der Waals surface area contributed by atoms with Crippen molar-refractivity contribution in [3.63, 3.8) is 0 Å². The van der Waals surface area contributed by atoms with Crippen molar-refractivity contribution in [2.45, 2.75) is 0 Å². The van der Waals surface area contributed by atoms with E-state index in [0.717, 1.165) is 27.7 Å². The highest BCUT2D eigenvalue weighted by Gasteiger charge is 2.17. The van der Waals surface area contributed by atoms with Crippen molar-refractivity contribution in [2.24, 2.45) is 0 Å². The molecule has 12 rings (SSSR count). The summed E-state index contributed by atoms with van der Waals surface area (Å²) in [5.41, 5.74) is -6.22. The molecule has 0 radical (unpaired) electrons. The highest BCUT2D eigenvalue weighted by Crippen LogP contribution is 2.40. The lowest BCUT2D eigenvalue weighted by Gasteiger charge is -2.26. The molecule has 0 aliphatic rings. The minimum absolute atomic E-state index is 0.127. The van der Waals surface area contributed by atoms with Gasteiger partial charge in [-0.25, -0.2) is 0 Å². The molecule has 0 aliphatic carbocycles. The Morgan fingerprint density at radius 1 is 0.279 bits per heavy atom. The zero-order valence-electron chi connectivity index (χ0n) is 65.1. The molecular formula is C66H46N2. The Bertz CT molecular complexity index is 5340. The van der Waals surface area contributed by atoms with Gasteiger partial charge in [-0.3, -0.25) is 0 Å². The summed E-state index contributed by atoms with van der Waals surface area (Å²) in [6.07, 6.45) is 0. The van der Waals surface area contributed by atoms with Crippen molar-refractivity contribution in [3.8, 4) is 72.4 Å². The first kappa shape index (κ1) is 19.9. The van der Waals surface area contributed by atoms with E-state index < -0.39 is 243 Å². The van der Waals surface area contributed by atoms with Crippen molar-refractivity contribution in [2.75, 3.05) is 4.90 Å². The number of nitrogens with zero attached hydrogens (tertiary/aromatic N) is 2. The number of anilines is 3. The van der Waals surface area contributed by atoms with Gasteiger partial charge in [-0.15, -0.1) is 0 Å². The molecule has 68 heavy (non-hydrogen) atoms. The van der Waals surface area contributed by atoms with Crippen LogP contribution in [0.15, 0.2) is 278 Å². The maximum Gasteiger partial charge on any atom is 0.0645 e. The van der Waals surface area contributed by atoms with Gasteiger partial charge in [-0.2, -0.15) is 0 Å². The van der Waals surface area contributed by atoms with Crippen LogP contribution in [0.3, 0.4) is 0 Å². The smallest absolute Gasteiger partial charge is 0.0645 e. The van der Waals surface area contributed by atoms with Crippen LogP contribution in [-0.2, 0) is 0 Å². The van der Waals surface area contributed by atoms with Gasteiger partial charge in [0.05, 0.1) is 52.2 Å². The molecule has 320 valence electrons. The zero-order valence-corrected chi connectivity index (χ0v) is 35.1. The molecule has 0 aliphatic heterocycles. The average Bonchev–Trinajstić information content (AvgIpc) is 0.883. The van der Waals surface area contributed by atoms with Gasteiger partial charge in [-0.1, -0.05) is 206 Å². The van der Waals surface area contributed by atoms with Gasteiger partial charge >= 0.3 is 0 Å². The largest absolute Gasteiger partial charge is 0.311 e. The molecular weight excluding hydrogens is 821 g/mol. The fourth-order valence-corrected chi connectivity index (χ4v) is 7.73. The van der Waals surface area contributed by atoms with Crippen molar-refractivity contribution in [3.05, 3.63) is 278 Å². The van der Waals surface area contributed by atoms with Gasteiger partial charge in [-0.05, 0) is 139 Å². The summed E-state index contributed by atoms with van der Waals surface area (Å²) in [5.74, 6) is 0. The highest BCUT2D eigenvalue weighted by atomic mass is 15.1. The van der Waals surface area contributed by atoms with Crippen molar-refractivity contribution in [1.82, 2.24) is 4.57 Å². The Labute approximate surface area is 440 Å². The molecule has 0 N–H and O–H groups in total. The first-order chi connectivity index (χ1) is 46.2. The molecule has 2 heteroatoms. The summed E-state index contributed by atoms with van der Waals surface area (Å²) in [4.78, 5) is 0.403. The molecule has 0 atom stereocenters. The fourth-order valence-electron chi connectivity index (χ4n) is 7.73. The van der Waals surface area contributed by atoms with Gasteiger partial charge in [0.15, 0.2) is 0 Å². The highest BCUT2D eigenvalue weighted by molar-refractivity contribution is 6.10. The third-order valence-electron chi connectivity index (χ3n) is 11.0. The Hall–Kier alpha value is -8.98. The molecule has 12 aromatic rings. The molecule has 11 aromatic carbocycles. The van der Waals surface area contributed by atoms with Crippen LogP contribution >= 0.6 is 0 Å². The molecule has 0 amide bonds. The van der Waals surface area contributed by atoms with E-state index in [0.29, 0.717) is 15.8 Å². The molecule has 0 saturated heterocycles. The van der Waals surface area contributed by atoms with E-state index in [1.807, 2.05) is 83.4 Å². The van der Waals surface area contributed by atoms with E-state index in [1.54, 1.807) is 18.2 Å². The van der Waals surface area contributed by atoms with E-state index in [4.69, 9.17) is 20.6 Å². The zero-order chi connectivity index (χ0) is 71.3. The summed E-state index contributed by atoms with van der Waals surface area (Å²) in [5, 5.41) is 1.33. The molecule has 1 aromatic heterocycles. The van der Waals surface area contributed by atoms with Gasteiger partial charge < -0.3 is 9.47 Å². The Kier molecular flexibility index (Phi) is 5.19. The molecule has 0 unspecified atom stereocenters. The summed E-state index contributed by atoms with van der Waals surface area (Å²) >= 11 is 0. The van der Waals surface area contributed by atoms with Crippen molar-refractivity contribution < 1.29 is 41.1 Å². The summed E-state index contributed by atoms with van der Waals surface area (Å²) in [6, 6.07) is -1.18. The van der Waals surface area contributed by atoms with Crippen LogP contribution in [0, 0.1) is 0 Å². The van der Waals surface area contributed by atoms with Crippen LogP contribution in [0.4, 0.5) is 17.1 Å². The van der Waals surface area contributed by atoms with Gasteiger partial charge in [0.1, 0.15) is 0 Å². The second-order valence-corrected chi connectivity index (χ2v) is 15.0. The minimum Gasteiger partial charge on any atom is -0.311 e. The number of aromatic nitrogens is 1. The predicted molar refractivity (Wildman–Crippen MR) is 288 cm³/mol. The number of hydrogen-bond acceptors (Lipinski definition) is 1. The third kappa shape index (κ3) is 7.85. The lowest BCUT2D eigenvalue weighted by atomic mass is 9.98. The maximum absolute atomic E-state index is 9.86. The van der Waals surface area contributed by atoms with E-state index in [9.17, 15) is 20.6 Å². The second-order valence-electron chi connectivity index (χ2n) is 15.0. The Morgan fingerprint density at radius 2 is 0.676 bits per heavy atom. The quantitative estimate of drug-likeness (QED) is 0.133. The van der Waals surface area contributed by atoms with E-state index in [1.165, 1.54) is 0 Å². The predicted octanol–water partition coefficient (Wildman–Crippen LogP) is 18.3. The molecule has 0 fully saturated rings. The van der Waals surface area contributed by atoms with Crippen LogP contribution < -0.4 is 4.90 Å². The van der Waals surface area contributed by atoms with Gasteiger partial charge in [0.2, 0.25) is 0 Å². The van der Waals surface area contributed by atoms with Gasteiger partial charge in [0, 0.05) is 33.5 Å². The summed E-state index contributed by atoms with van der Waals surface area (Å²) in [6.45, 7) is 0. The SMILES string of the molecule is [2H]c1c([2H])c([2H])c(-c2c([2H])c([2H])c(-c3c([2H])c([2H])c(N(c4c([2H])c([2H])c(-c5ccc6c(c5)c5ccccc5n6-c5ccc(-c6ccccc6)cc5)c([2H])c4[2H])c4c([2H])c([2H])c(-c5c([2H])c([2H])c([2H])c(-c6c([2H])c([2H])c([2H])c([2H])c6[2H])c5[2H])c([2H])c4[2H])c([2H])c3[2H])c([2H])c2[2H])c([2H])c1[2H]. The van der Waals surface area contributed by atoms with Crippen LogP contribution in [0.5, 0.6) is 0 Å². The van der Waals surface area contributed by atoms with E-state index >= 15 is 0 Å². The van der Waals surface area contributed by atoms with Gasteiger partial charge in [0.25, 0.3) is 0 Å². The fraction of sp³-hybridized carbons (Fsp3) is 0. The maximum atomic E-state index is 9.86. The number of fused-ring (bicyclic) bond motifs is 3. The lowest BCUT2D eigenvalue weighted by Crippen LogP contribution is -2.09. The van der Waals surface area contributed by atoms with Crippen molar-refractivity contribution >= 4 is 38.9 Å². The summed E-state index contributed by atoms with van der Waals surface area (Å²) < 4.78 is 275. The normalized spacial score (nSPS) is 17.4. The molecule has 0 bridgehead atoms. The third-order valence-corrected chi connectivity index (χ3v) is 11.0. The van der Waals surface area contributed by atoms with E-state index in [-0.39, 0.29) is 11.1 Å². The number of para-hydroxylation sites is 1. The molecule has 0 saturated carbocycles. The Morgan fingerprint density at radius 3 is 1.24 bits per heavy atom. The number of rotatable bonds is 10.